The highest BCUT2D eigenvalue weighted by Crippen LogP contribution is 2.28. The van der Waals surface area contributed by atoms with Crippen LogP contribution in [0.3, 0.4) is 0 Å². The van der Waals surface area contributed by atoms with Crippen LogP contribution in [-0.2, 0) is 21.4 Å². The number of nitrogens with one attached hydrogen (secondary N) is 1. The van der Waals surface area contributed by atoms with Crippen molar-refractivity contribution in [3.63, 3.8) is 0 Å². The van der Waals surface area contributed by atoms with Gasteiger partial charge in [0.25, 0.3) is 10.0 Å². The number of rotatable bonds is 7. The molecule has 0 aliphatic rings. The van der Waals surface area contributed by atoms with Crippen LogP contribution in [0.25, 0.3) is 10.9 Å². The molecule has 0 saturated carbocycles. The number of fused-ring (bicyclic) bond motifs is 1. The molecule has 3 rings (SSSR count). The maximum absolute atomic E-state index is 13.0. The molecule has 0 amide bonds. The van der Waals surface area contributed by atoms with Crippen molar-refractivity contribution in [2.75, 3.05) is 11.8 Å². The van der Waals surface area contributed by atoms with Crippen molar-refractivity contribution in [3.05, 3.63) is 53.7 Å². The van der Waals surface area contributed by atoms with Crippen LogP contribution in [0.15, 0.2) is 47.5 Å². The molecule has 148 valence electrons. The number of hydrogen-bond donors (Lipinski definition) is 2. The Hall–Kier alpha value is -3.00. The number of carboxylic acids is 1. The molecule has 1 heterocycles. The van der Waals surface area contributed by atoms with Crippen LogP contribution in [0.4, 0.5) is 5.69 Å². The summed E-state index contributed by atoms with van der Waals surface area (Å²) in [6, 6.07) is 10.4. The van der Waals surface area contributed by atoms with Gasteiger partial charge < -0.3 is 14.4 Å². The summed E-state index contributed by atoms with van der Waals surface area (Å²) in [7, 11) is -2.26. The molecular weight excluding hydrogens is 380 g/mol. The van der Waals surface area contributed by atoms with Gasteiger partial charge in [0.1, 0.15) is 5.75 Å². The van der Waals surface area contributed by atoms with E-state index in [9.17, 15) is 13.2 Å². The van der Waals surface area contributed by atoms with Gasteiger partial charge in [0.15, 0.2) is 0 Å². The van der Waals surface area contributed by atoms with E-state index in [-0.39, 0.29) is 11.3 Å². The van der Waals surface area contributed by atoms with Crippen molar-refractivity contribution in [2.24, 2.45) is 0 Å². The van der Waals surface area contributed by atoms with Crippen molar-refractivity contribution in [2.45, 2.75) is 31.7 Å². The highest BCUT2D eigenvalue weighted by molar-refractivity contribution is 7.92. The minimum atomic E-state index is -3.80. The third-order valence-electron chi connectivity index (χ3n) is 4.53. The predicted octanol–water partition coefficient (Wildman–Crippen LogP) is 3.54. The van der Waals surface area contributed by atoms with Crippen LogP contribution in [0.2, 0.25) is 0 Å². The van der Waals surface area contributed by atoms with Crippen LogP contribution in [-0.4, -0.2) is 31.2 Å². The van der Waals surface area contributed by atoms with E-state index in [0.29, 0.717) is 29.1 Å². The fourth-order valence-electron chi connectivity index (χ4n) is 3.32. The Morgan fingerprint density at radius 1 is 1.14 bits per heavy atom. The summed E-state index contributed by atoms with van der Waals surface area (Å²) in [5.41, 5.74) is 2.37. The van der Waals surface area contributed by atoms with E-state index in [2.05, 4.69) is 4.72 Å². The molecule has 2 N–H and O–H groups in total. The highest BCUT2D eigenvalue weighted by atomic mass is 32.2. The molecule has 0 fully saturated rings. The number of aryl methyl sites for hydroxylation is 3. The van der Waals surface area contributed by atoms with Gasteiger partial charge in [-0.25, -0.2) is 8.42 Å². The largest absolute Gasteiger partial charge is 0.497 e. The standard InChI is InChI=1S/C20H22N2O5S/c1-13-10-17(27-3)11-14(2)20(13)28(25,26)21-16-5-4-15-6-8-22(18(15)12-16)9-7-19(23)24/h4-6,8,10-12,21H,7,9H2,1-3H3,(H,23,24). The minimum absolute atomic E-state index is 0.00995. The van der Waals surface area contributed by atoms with Gasteiger partial charge in [-0.15, -0.1) is 0 Å². The molecule has 7 nitrogen and oxygen atoms in total. The number of carbonyl (C=O) groups is 1. The molecule has 0 saturated heterocycles. The van der Waals surface area contributed by atoms with E-state index in [4.69, 9.17) is 9.84 Å². The maximum Gasteiger partial charge on any atom is 0.305 e. The molecule has 0 aliphatic carbocycles. The molecule has 0 atom stereocenters. The van der Waals surface area contributed by atoms with Crippen LogP contribution in [0.5, 0.6) is 5.75 Å². The van der Waals surface area contributed by atoms with Crippen LogP contribution in [0.1, 0.15) is 17.5 Å². The lowest BCUT2D eigenvalue weighted by molar-refractivity contribution is -0.137. The third kappa shape index (κ3) is 3.96. The number of benzene rings is 2. The van der Waals surface area contributed by atoms with E-state index in [1.807, 2.05) is 6.07 Å². The Bertz CT molecular complexity index is 1130. The number of methoxy groups -OCH3 is 1. The molecular formula is C20H22N2O5S. The predicted molar refractivity (Wildman–Crippen MR) is 107 cm³/mol. The Morgan fingerprint density at radius 3 is 2.43 bits per heavy atom. The van der Waals surface area contributed by atoms with E-state index < -0.39 is 16.0 Å². The van der Waals surface area contributed by atoms with Gasteiger partial charge in [0.05, 0.1) is 29.6 Å². The molecule has 0 aliphatic heterocycles. The Morgan fingerprint density at radius 2 is 1.82 bits per heavy atom. The van der Waals surface area contributed by atoms with E-state index in [1.165, 1.54) is 7.11 Å². The maximum atomic E-state index is 13.0. The lowest BCUT2D eigenvalue weighted by Gasteiger charge is -2.15. The quantitative estimate of drug-likeness (QED) is 0.630. The summed E-state index contributed by atoms with van der Waals surface area (Å²) in [4.78, 5) is 11.1. The lowest BCUT2D eigenvalue weighted by atomic mass is 10.1. The molecule has 8 heteroatoms. The van der Waals surface area contributed by atoms with Crippen molar-refractivity contribution >= 4 is 32.6 Å². The number of sulfonamides is 1. The highest BCUT2D eigenvalue weighted by Gasteiger charge is 2.21. The number of anilines is 1. The topological polar surface area (TPSA) is 97.6 Å². The van der Waals surface area contributed by atoms with Crippen LogP contribution < -0.4 is 9.46 Å². The van der Waals surface area contributed by atoms with Crippen LogP contribution >= 0.6 is 0 Å². The molecule has 0 bridgehead atoms. The second kappa shape index (κ2) is 7.55. The van der Waals surface area contributed by atoms with E-state index in [1.54, 1.807) is 54.9 Å². The van der Waals surface area contributed by atoms with E-state index >= 15 is 0 Å². The lowest BCUT2D eigenvalue weighted by Crippen LogP contribution is -2.16. The van der Waals surface area contributed by atoms with Crippen molar-refractivity contribution in [1.29, 1.82) is 0 Å². The van der Waals surface area contributed by atoms with Gasteiger partial charge >= 0.3 is 5.97 Å². The molecule has 2 aromatic carbocycles. The summed E-state index contributed by atoms with van der Waals surface area (Å²) < 4.78 is 35.6. The number of aromatic nitrogens is 1. The Labute approximate surface area is 163 Å². The Kier molecular flexibility index (Phi) is 5.33. The number of hydrogen-bond acceptors (Lipinski definition) is 4. The second-order valence-corrected chi connectivity index (χ2v) is 8.24. The molecule has 0 unspecified atom stereocenters. The zero-order valence-corrected chi connectivity index (χ0v) is 16.7. The van der Waals surface area contributed by atoms with Gasteiger partial charge in [-0.2, -0.15) is 0 Å². The first-order chi connectivity index (χ1) is 13.2. The normalized spacial score (nSPS) is 11.5. The van der Waals surface area contributed by atoms with Gasteiger partial charge in [0, 0.05) is 12.7 Å². The first-order valence-electron chi connectivity index (χ1n) is 8.70. The summed E-state index contributed by atoms with van der Waals surface area (Å²) in [5.74, 6) is -0.282. The molecule has 0 spiro atoms. The van der Waals surface area contributed by atoms with Gasteiger partial charge in [-0.3, -0.25) is 9.52 Å². The van der Waals surface area contributed by atoms with E-state index in [0.717, 1.165) is 10.9 Å². The number of nitrogens with zero attached hydrogens (tertiary/aromatic N) is 1. The molecule has 1 aromatic heterocycles. The fraction of sp³-hybridized carbons (Fsp3) is 0.250. The smallest absolute Gasteiger partial charge is 0.305 e. The monoisotopic (exact) mass is 402 g/mol. The Balaban J connectivity index is 1.95. The summed E-state index contributed by atoms with van der Waals surface area (Å²) in [5, 5.41) is 9.80. The van der Waals surface area contributed by atoms with Gasteiger partial charge in [-0.05, 0) is 60.7 Å². The molecule has 28 heavy (non-hydrogen) atoms. The first kappa shape index (κ1) is 19.8. The number of carboxylic acid groups (broad SMARTS) is 1. The molecule has 3 aromatic rings. The van der Waals surface area contributed by atoms with Crippen molar-refractivity contribution in [3.8, 4) is 5.75 Å². The van der Waals surface area contributed by atoms with Crippen molar-refractivity contribution < 1.29 is 23.1 Å². The fourth-order valence-corrected chi connectivity index (χ4v) is 4.82. The SMILES string of the molecule is COc1cc(C)c(S(=O)(=O)Nc2ccc3ccn(CCC(=O)O)c3c2)c(C)c1. The first-order valence-corrected chi connectivity index (χ1v) is 10.2. The summed E-state index contributed by atoms with van der Waals surface area (Å²) in [6.45, 7) is 3.76. The zero-order valence-electron chi connectivity index (χ0n) is 15.9. The average molecular weight is 402 g/mol. The van der Waals surface area contributed by atoms with Crippen molar-refractivity contribution in [1.82, 2.24) is 4.57 Å². The number of aliphatic carboxylic acids is 1. The second-order valence-electron chi connectivity index (χ2n) is 6.62. The zero-order chi connectivity index (χ0) is 20.5. The summed E-state index contributed by atoms with van der Waals surface area (Å²) in [6.07, 6.45) is 1.79. The van der Waals surface area contributed by atoms with Gasteiger partial charge in [0.2, 0.25) is 0 Å². The third-order valence-corrected chi connectivity index (χ3v) is 6.22. The minimum Gasteiger partial charge on any atom is -0.497 e. The van der Waals surface area contributed by atoms with Crippen LogP contribution in [0, 0.1) is 13.8 Å². The van der Waals surface area contributed by atoms with Gasteiger partial charge in [-0.1, -0.05) is 6.07 Å². The average Bonchev–Trinajstić information content (AvgIpc) is 3.00. The molecule has 0 radical (unpaired) electrons. The summed E-state index contributed by atoms with van der Waals surface area (Å²) >= 11 is 0. The number of ether oxygens (including phenoxy) is 1.